The van der Waals surface area contributed by atoms with Crippen molar-refractivity contribution < 1.29 is 18.3 Å². The van der Waals surface area contributed by atoms with Crippen LogP contribution in [-0.2, 0) is 11.2 Å². The van der Waals surface area contributed by atoms with Gasteiger partial charge in [-0.1, -0.05) is 56.3 Å². The number of halogens is 2. The summed E-state index contributed by atoms with van der Waals surface area (Å²) in [6.07, 6.45) is -3.17. The highest BCUT2D eigenvalue weighted by Crippen LogP contribution is 2.32. The maximum atomic E-state index is 13.0. The van der Waals surface area contributed by atoms with E-state index in [0.29, 0.717) is 0 Å². The van der Waals surface area contributed by atoms with E-state index in [-0.39, 0.29) is 11.2 Å². The van der Waals surface area contributed by atoms with E-state index in [2.05, 4.69) is 30.7 Å². The predicted octanol–water partition coefficient (Wildman–Crippen LogP) is 7.68. The van der Waals surface area contributed by atoms with Gasteiger partial charge in [-0.15, -0.1) is 0 Å². The van der Waals surface area contributed by atoms with E-state index in [1.165, 1.54) is 5.56 Å². The molecule has 2 nitrogen and oxygen atoms in total. The molecule has 5 heteroatoms. The highest BCUT2D eigenvalue weighted by atomic mass is 32.2. The Morgan fingerprint density at radius 3 is 2.10 bits per heavy atom. The second-order valence-electron chi connectivity index (χ2n) is 7.87. The van der Waals surface area contributed by atoms with Gasteiger partial charge in [0.25, 0.3) is 0 Å². The van der Waals surface area contributed by atoms with E-state index in [1.54, 1.807) is 12.1 Å². The minimum atomic E-state index is -3.17. The van der Waals surface area contributed by atoms with Crippen LogP contribution in [0.2, 0.25) is 0 Å². The molecule has 0 radical (unpaired) electrons. The van der Waals surface area contributed by atoms with E-state index in [0.717, 1.165) is 35.5 Å². The van der Waals surface area contributed by atoms with Gasteiger partial charge in [-0.05, 0) is 52.9 Å². The molecule has 3 aromatic carbocycles. The Hall–Kier alpha value is -2.53. The molecule has 0 heterocycles. The SMILES string of the molecule is CC(F)(F)Oc1ccc(C(C)(C)CSCc2cccc(Oc3ccccc3)c2)cc1. The predicted molar refractivity (Wildman–Crippen MR) is 120 cm³/mol. The van der Waals surface area contributed by atoms with Gasteiger partial charge in [-0.25, -0.2) is 0 Å². The number of hydrogen-bond acceptors (Lipinski definition) is 3. The van der Waals surface area contributed by atoms with Crippen LogP contribution >= 0.6 is 11.8 Å². The van der Waals surface area contributed by atoms with Gasteiger partial charge in [0.15, 0.2) is 0 Å². The van der Waals surface area contributed by atoms with Crippen molar-refractivity contribution in [3.8, 4) is 17.2 Å². The van der Waals surface area contributed by atoms with Gasteiger partial charge in [-0.2, -0.15) is 20.5 Å². The van der Waals surface area contributed by atoms with Crippen LogP contribution in [0.15, 0.2) is 78.9 Å². The molecule has 0 bridgehead atoms. The summed E-state index contributed by atoms with van der Waals surface area (Å²) in [5, 5.41) is 0. The van der Waals surface area contributed by atoms with Crippen molar-refractivity contribution in [1.29, 1.82) is 0 Å². The van der Waals surface area contributed by atoms with Gasteiger partial charge >= 0.3 is 6.11 Å². The molecular weight excluding hydrogens is 402 g/mol. The lowest BCUT2D eigenvalue weighted by atomic mass is 9.87. The Morgan fingerprint density at radius 1 is 0.767 bits per heavy atom. The van der Waals surface area contributed by atoms with E-state index < -0.39 is 6.11 Å². The maximum Gasteiger partial charge on any atom is 0.394 e. The van der Waals surface area contributed by atoms with Gasteiger partial charge in [-0.3, -0.25) is 0 Å². The fourth-order valence-corrected chi connectivity index (χ4v) is 4.21. The zero-order valence-electron chi connectivity index (χ0n) is 17.4. The molecule has 30 heavy (non-hydrogen) atoms. The first kappa shape index (κ1) is 22.2. The van der Waals surface area contributed by atoms with Crippen LogP contribution in [0.3, 0.4) is 0 Å². The molecule has 0 aliphatic heterocycles. The van der Waals surface area contributed by atoms with Crippen LogP contribution in [-0.4, -0.2) is 11.9 Å². The van der Waals surface area contributed by atoms with Crippen LogP contribution in [0.4, 0.5) is 8.78 Å². The van der Waals surface area contributed by atoms with E-state index >= 15 is 0 Å². The normalized spacial score (nSPS) is 11.9. The van der Waals surface area contributed by atoms with Crippen LogP contribution in [0.5, 0.6) is 17.2 Å². The molecule has 0 aromatic heterocycles. The van der Waals surface area contributed by atoms with Crippen molar-refractivity contribution in [3.63, 3.8) is 0 Å². The third kappa shape index (κ3) is 6.77. The smallest absolute Gasteiger partial charge is 0.394 e. The molecule has 3 aromatic rings. The van der Waals surface area contributed by atoms with Crippen LogP contribution in [0.1, 0.15) is 31.9 Å². The number of benzene rings is 3. The third-order valence-corrected chi connectivity index (χ3v) is 6.01. The first-order valence-corrected chi connectivity index (χ1v) is 10.9. The third-order valence-electron chi connectivity index (χ3n) is 4.54. The lowest BCUT2D eigenvalue weighted by molar-refractivity contribution is -0.158. The largest absolute Gasteiger partial charge is 0.457 e. The molecule has 0 aliphatic carbocycles. The number of hydrogen-bond donors (Lipinski definition) is 0. The standard InChI is InChI=1S/C25H26F2O2S/c1-24(2,20-12-14-22(15-13-20)29-25(3,26)27)18-30-17-19-8-7-11-23(16-19)28-21-9-5-4-6-10-21/h4-16H,17-18H2,1-3H3. The number of rotatable bonds is 9. The molecule has 0 spiro atoms. The summed E-state index contributed by atoms with van der Waals surface area (Å²) in [4.78, 5) is 0. The lowest BCUT2D eigenvalue weighted by Crippen LogP contribution is -2.21. The summed E-state index contributed by atoms with van der Waals surface area (Å²) in [5.74, 6) is 3.56. The van der Waals surface area contributed by atoms with Crippen LogP contribution in [0.25, 0.3) is 0 Å². The zero-order valence-corrected chi connectivity index (χ0v) is 18.2. The van der Waals surface area contributed by atoms with E-state index in [9.17, 15) is 8.78 Å². The topological polar surface area (TPSA) is 18.5 Å². The van der Waals surface area contributed by atoms with Gasteiger partial charge in [0.2, 0.25) is 0 Å². The monoisotopic (exact) mass is 428 g/mol. The van der Waals surface area contributed by atoms with Crippen molar-refractivity contribution in [2.75, 3.05) is 5.75 Å². The molecule has 0 fully saturated rings. The van der Waals surface area contributed by atoms with Crippen molar-refractivity contribution in [1.82, 2.24) is 0 Å². The number of alkyl halides is 2. The van der Waals surface area contributed by atoms with Crippen molar-refractivity contribution in [2.45, 2.75) is 38.0 Å². The minimum absolute atomic E-state index is 0.101. The van der Waals surface area contributed by atoms with Crippen LogP contribution in [0, 0.1) is 0 Å². The van der Waals surface area contributed by atoms with E-state index in [4.69, 9.17) is 4.74 Å². The molecule has 0 amide bonds. The molecular formula is C25H26F2O2S. The second-order valence-corrected chi connectivity index (χ2v) is 8.86. The van der Waals surface area contributed by atoms with Gasteiger partial charge in [0, 0.05) is 18.4 Å². The first-order valence-electron chi connectivity index (χ1n) is 9.78. The Morgan fingerprint density at radius 2 is 1.43 bits per heavy atom. The molecule has 0 atom stereocenters. The molecule has 0 N–H and O–H groups in total. The molecule has 0 aliphatic rings. The number of thioether (sulfide) groups is 1. The Bertz CT molecular complexity index is 935. The first-order chi connectivity index (χ1) is 14.2. The van der Waals surface area contributed by atoms with Crippen molar-refractivity contribution in [2.24, 2.45) is 0 Å². The summed E-state index contributed by atoms with van der Waals surface area (Å²) in [5.41, 5.74) is 2.18. The maximum absolute atomic E-state index is 13.0. The fraction of sp³-hybridized carbons (Fsp3) is 0.280. The fourth-order valence-electron chi connectivity index (χ4n) is 3.01. The highest BCUT2D eigenvalue weighted by Gasteiger charge is 2.24. The molecule has 0 unspecified atom stereocenters. The molecule has 3 rings (SSSR count). The summed E-state index contributed by atoms with van der Waals surface area (Å²) in [6.45, 7) is 5.04. The highest BCUT2D eigenvalue weighted by molar-refractivity contribution is 7.98. The summed E-state index contributed by atoms with van der Waals surface area (Å²) in [7, 11) is 0. The number of para-hydroxylation sites is 1. The lowest BCUT2D eigenvalue weighted by Gasteiger charge is -2.25. The Kier molecular flexibility index (Phi) is 7.03. The minimum Gasteiger partial charge on any atom is -0.457 e. The molecule has 158 valence electrons. The van der Waals surface area contributed by atoms with E-state index in [1.807, 2.05) is 66.4 Å². The summed E-state index contributed by atoms with van der Waals surface area (Å²) >= 11 is 1.83. The summed E-state index contributed by atoms with van der Waals surface area (Å²) in [6, 6.07) is 24.7. The second kappa shape index (κ2) is 9.52. The quantitative estimate of drug-likeness (QED) is 0.348. The Balaban J connectivity index is 1.55. The average Bonchev–Trinajstić information content (AvgIpc) is 2.68. The molecule has 0 saturated carbocycles. The average molecular weight is 429 g/mol. The zero-order chi connectivity index (χ0) is 21.6. The van der Waals surface area contributed by atoms with Crippen molar-refractivity contribution in [3.05, 3.63) is 90.0 Å². The van der Waals surface area contributed by atoms with Gasteiger partial charge < -0.3 is 9.47 Å². The van der Waals surface area contributed by atoms with Gasteiger partial charge in [0.05, 0.1) is 0 Å². The Labute approximate surface area is 181 Å². The van der Waals surface area contributed by atoms with Crippen molar-refractivity contribution >= 4 is 11.8 Å². The number of ether oxygens (including phenoxy) is 2. The van der Waals surface area contributed by atoms with Crippen LogP contribution < -0.4 is 9.47 Å². The molecule has 0 saturated heterocycles. The van der Waals surface area contributed by atoms with Gasteiger partial charge in [0.1, 0.15) is 17.2 Å². The summed E-state index contributed by atoms with van der Waals surface area (Å²) < 4.78 is 36.5.